The van der Waals surface area contributed by atoms with Gasteiger partial charge in [0.1, 0.15) is 23.4 Å². The van der Waals surface area contributed by atoms with Crippen LogP contribution in [-0.4, -0.2) is 26.4 Å². The van der Waals surface area contributed by atoms with Crippen molar-refractivity contribution >= 4 is 45.6 Å². The van der Waals surface area contributed by atoms with Crippen molar-refractivity contribution in [2.45, 2.75) is 57.3 Å². The number of nitriles is 1. The highest BCUT2D eigenvalue weighted by Crippen LogP contribution is 2.37. The number of fused-ring (bicyclic) bond motifs is 1. The van der Waals surface area contributed by atoms with Crippen molar-refractivity contribution in [3.8, 4) is 11.8 Å². The Bertz CT molecular complexity index is 1280. The largest absolute Gasteiger partial charge is 0.486 e. The minimum atomic E-state index is -0.175. The van der Waals surface area contributed by atoms with Gasteiger partial charge in [-0.3, -0.25) is 9.36 Å². The molecule has 3 aromatic rings. The summed E-state index contributed by atoms with van der Waals surface area (Å²) < 4.78 is 7.75. The van der Waals surface area contributed by atoms with E-state index in [-0.39, 0.29) is 18.3 Å². The van der Waals surface area contributed by atoms with Gasteiger partial charge in [0.05, 0.1) is 11.3 Å². The van der Waals surface area contributed by atoms with Gasteiger partial charge in [0, 0.05) is 16.4 Å². The van der Waals surface area contributed by atoms with Crippen molar-refractivity contribution in [1.29, 1.82) is 5.26 Å². The standard InChI is InChI=1S/C25H26ClN5O2S2/c1-3-11-31-22(14-33-17-9-10-20(26)16(2)12-17)29-30-25(31)34-15-23(32)28-24-19(13-27)18-7-5-4-6-8-21(18)35-24/h3,9-10,12H,1,4-8,11,14-15H2,2H3,(H,28,32). The van der Waals surface area contributed by atoms with Gasteiger partial charge in [-0.15, -0.1) is 28.1 Å². The summed E-state index contributed by atoms with van der Waals surface area (Å²) in [5, 5.41) is 23.1. The second-order valence-corrected chi connectivity index (χ2v) is 10.7. The highest BCUT2D eigenvalue weighted by atomic mass is 35.5. The molecule has 1 aliphatic rings. The van der Waals surface area contributed by atoms with Crippen LogP contribution in [0, 0.1) is 18.3 Å². The number of nitrogens with one attached hydrogen (secondary N) is 1. The van der Waals surface area contributed by atoms with E-state index in [2.05, 4.69) is 28.2 Å². The van der Waals surface area contributed by atoms with Crippen molar-refractivity contribution in [2.24, 2.45) is 0 Å². The zero-order valence-corrected chi connectivity index (χ0v) is 21.9. The highest BCUT2D eigenvalue weighted by molar-refractivity contribution is 7.99. The molecule has 7 nitrogen and oxygen atoms in total. The molecule has 0 saturated heterocycles. The maximum atomic E-state index is 12.7. The number of allylic oxidation sites excluding steroid dienone is 1. The molecule has 0 fully saturated rings. The minimum absolute atomic E-state index is 0.153. The van der Waals surface area contributed by atoms with Gasteiger partial charge in [-0.25, -0.2) is 0 Å². The van der Waals surface area contributed by atoms with Gasteiger partial charge in [0.15, 0.2) is 11.0 Å². The average Bonchev–Trinajstić information content (AvgIpc) is 3.29. The van der Waals surface area contributed by atoms with Gasteiger partial charge in [-0.2, -0.15) is 5.26 Å². The molecule has 0 bridgehead atoms. The summed E-state index contributed by atoms with van der Waals surface area (Å²) in [6.07, 6.45) is 7.03. The van der Waals surface area contributed by atoms with Gasteiger partial charge >= 0.3 is 0 Å². The van der Waals surface area contributed by atoms with E-state index >= 15 is 0 Å². The average molecular weight is 528 g/mol. The van der Waals surface area contributed by atoms with E-state index in [1.165, 1.54) is 34.4 Å². The first-order valence-electron chi connectivity index (χ1n) is 11.4. The lowest BCUT2D eigenvalue weighted by atomic mass is 10.1. The van der Waals surface area contributed by atoms with Crippen LogP contribution >= 0.6 is 34.7 Å². The molecule has 4 rings (SSSR count). The molecule has 0 unspecified atom stereocenters. The third-order valence-corrected chi connectivity index (χ3v) is 8.32. The summed E-state index contributed by atoms with van der Waals surface area (Å²) in [4.78, 5) is 14.0. The Morgan fingerprint density at radius 3 is 2.97 bits per heavy atom. The van der Waals surface area contributed by atoms with E-state index in [4.69, 9.17) is 16.3 Å². The summed E-state index contributed by atoms with van der Waals surface area (Å²) in [6, 6.07) is 7.78. The first-order chi connectivity index (χ1) is 17.0. The molecule has 1 amide bonds. The molecule has 0 atom stereocenters. The van der Waals surface area contributed by atoms with Crippen LogP contribution < -0.4 is 10.1 Å². The number of ether oxygens (including phenoxy) is 1. The molecule has 10 heteroatoms. The number of thiophene rings is 1. The smallest absolute Gasteiger partial charge is 0.235 e. The van der Waals surface area contributed by atoms with Crippen LogP contribution in [0.3, 0.4) is 0 Å². The number of carbonyl (C=O) groups excluding carboxylic acids is 1. The van der Waals surface area contributed by atoms with E-state index < -0.39 is 0 Å². The molecule has 1 aromatic carbocycles. The molecular weight excluding hydrogens is 502 g/mol. The quantitative estimate of drug-likeness (QED) is 0.210. The number of anilines is 1. The number of hydrogen-bond acceptors (Lipinski definition) is 7. The molecule has 0 radical (unpaired) electrons. The second-order valence-electron chi connectivity index (χ2n) is 8.21. The monoisotopic (exact) mass is 527 g/mol. The molecule has 0 saturated carbocycles. The summed E-state index contributed by atoms with van der Waals surface area (Å²) in [7, 11) is 0. The van der Waals surface area contributed by atoms with Gasteiger partial charge in [0.25, 0.3) is 0 Å². The predicted molar refractivity (Wildman–Crippen MR) is 140 cm³/mol. The first kappa shape index (κ1) is 25.3. The number of benzene rings is 1. The van der Waals surface area contributed by atoms with Crippen molar-refractivity contribution in [3.05, 3.63) is 63.3 Å². The Morgan fingerprint density at radius 1 is 1.37 bits per heavy atom. The Balaban J connectivity index is 1.40. The van der Waals surface area contributed by atoms with Crippen LogP contribution in [-0.2, 0) is 30.8 Å². The number of carbonyl (C=O) groups is 1. The summed E-state index contributed by atoms with van der Waals surface area (Å²) in [6.45, 7) is 6.45. The van der Waals surface area contributed by atoms with Crippen LogP contribution in [0.25, 0.3) is 0 Å². The van der Waals surface area contributed by atoms with Crippen molar-refractivity contribution in [2.75, 3.05) is 11.1 Å². The lowest BCUT2D eigenvalue weighted by Gasteiger charge is -2.10. The fourth-order valence-electron chi connectivity index (χ4n) is 3.94. The zero-order valence-electron chi connectivity index (χ0n) is 19.5. The Hall–Kier alpha value is -2.80. The second kappa shape index (κ2) is 11.8. The summed E-state index contributed by atoms with van der Waals surface area (Å²) in [5.74, 6) is 1.30. The van der Waals surface area contributed by atoms with Crippen LogP contribution in [0.1, 0.15) is 46.7 Å². The number of nitrogens with zero attached hydrogens (tertiary/aromatic N) is 4. The molecule has 0 aliphatic heterocycles. The third-order valence-electron chi connectivity index (χ3n) is 5.72. The number of hydrogen-bond donors (Lipinski definition) is 1. The Kier molecular flexibility index (Phi) is 8.50. The molecule has 2 aromatic heterocycles. The molecule has 0 spiro atoms. The predicted octanol–water partition coefficient (Wildman–Crippen LogP) is 5.94. The lowest BCUT2D eigenvalue weighted by molar-refractivity contribution is -0.113. The van der Waals surface area contributed by atoms with Gasteiger partial charge < -0.3 is 10.1 Å². The highest BCUT2D eigenvalue weighted by Gasteiger charge is 2.21. The van der Waals surface area contributed by atoms with E-state index in [9.17, 15) is 10.1 Å². The Morgan fingerprint density at radius 2 is 2.20 bits per heavy atom. The van der Waals surface area contributed by atoms with Gasteiger partial charge in [0.2, 0.25) is 5.91 Å². The normalized spacial score (nSPS) is 12.9. The fourth-order valence-corrected chi connectivity index (χ4v) is 6.08. The maximum absolute atomic E-state index is 12.7. The molecular formula is C25H26ClN5O2S2. The third kappa shape index (κ3) is 6.07. The van der Waals surface area contributed by atoms with E-state index in [1.807, 2.05) is 23.6 Å². The van der Waals surface area contributed by atoms with Crippen LogP contribution in [0.15, 0.2) is 36.0 Å². The zero-order chi connectivity index (χ0) is 24.8. The number of thioether (sulfide) groups is 1. The first-order valence-corrected chi connectivity index (χ1v) is 13.6. The van der Waals surface area contributed by atoms with E-state index in [1.54, 1.807) is 12.1 Å². The molecule has 1 N–H and O–H groups in total. The SMILES string of the molecule is C=CCn1c(COc2ccc(Cl)c(C)c2)nnc1SCC(=O)Nc1sc2c(c1C#N)CCCCC2. The van der Waals surface area contributed by atoms with E-state index in [0.717, 1.165) is 36.8 Å². The van der Waals surface area contributed by atoms with Crippen LogP contribution in [0.5, 0.6) is 5.75 Å². The summed E-state index contributed by atoms with van der Waals surface area (Å²) in [5.41, 5.74) is 2.67. The molecule has 35 heavy (non-hydrogen) atoms. The number of halogens is 1. The van der Waals surface area contributed by atoms with Crippen molar-refractivity contribution < 1.29 is 9.53 Å². The molecule has 1 aliphatic carbocycles. The number of rotatable bonds is 9. The van der Waals surface area contributed by atoms with Crippen molar-refractivity contribution in [1.82, 2.24) is 14.8 Å². The van der Waals surface area contributed by atoms with Gasteiger partial charge in [-0.1, -0.05) is 35.9 Å². The molecule has 2 heterocycles. The Labute approximate surface area is 218 Å². The number of aromatic nitrogens is 3. The topological polar surface area (TPSA) is 92.8 Å². The fraction of sp³-hybridized carbons (Fsp3) is 0.360. The minimum Gasteiger partial charge on any atom is -0.486 e. The number of aryl methyl sites for hydroxylation is 2. The van der Waals surface area contributed by atoms with Gasteiger partial charge in [-0.05, 0) is 61.9 Å². The number of amides is 1. The molecule has 182 valence electrons. The maximum Gasteiger partial charge on any atom is 0.235 e. The van der Waals surface area contributed by atoms with Crippen LogP contribution in [0.2, 0.25) is 5.02 Å². The van der Waals surface area contributed by atoms with Crippen molar-refractivity contribution in [3.63, 3.8) is 0 Å². The van der Waals surface area contributed by atoms with E-state index in [0.29, 0.717) is 38.9 Å². The summed E-state index contributed by atoms with van der Waals surface area (Å²) >= 11 is 8.91. The van der Waals surface area contributed by atoms with Crippen LogP contribution in [0.4, 0.5) is 5.00 Å². The lowest BCUT2D eigenvalue weighted by Crippen LogP contribution is -2.15.